The number of nitrogens with zero attached hydrogens (tertiary/aromatic N) is 2. The third-order valence-electron chi connectivity index (χ3n) is 6.62. The Hall–Kier alpha value is -4.21. The lowest BCUT2D eigenvalue weighted by atomic mass is 10.1. The van der Waals surface area contributed by atoms with Gasteiger partial charge in [-0.2, -0.15) is 0 Å². The standard InChI is InChI=1S/C29H22ClN3O5S/c1-17-22(13-26-28(35)33(29(36)39-26)14-18-5-4-6-19(30)11-18)21-7-2-3-8-23(21)32(17)15-27(34)31-20-9-10-24-25(12-20)38-16-37-24/h2-13H,14-16H2,1H3,(H,31,34)/b26-13-. The maximum Gasteiger partial charge on any atom is 0.293 e. The van der Waals surface area contributed by atoms with E-state index in [1.54, 1.807) is 42.5 Å². The van der Waals surface area contributed by atoms with Crippen molar-refractivity contribution in [2.75, 3.05) is 12.1 Å². The highest BCUT2D eigenvalue weighted by Crippen LogP contribution is 2.37. The van der Waals surface area contributed by atoms with Gasteiger partial charge in [0.2, 0.25) is 12.7 Å². The van der Waals surface area contributed by atoms with E-state index in [2.05, 4.69) is 5.32 Å². The van der Waals surface area contributed by atoms with Gasteiger partial charge >= 0.3 is 0 Å². The predicted octanol–water partition coefficient (Wildman–Crippen LogP) is 6.21. The Morgan fingerprint density at radius 2 is 1.87 bits per heavy atom. The van der Waals surface area contributed by atoms with Crippen LogP contribution in [-0.4, -0.2) is 33.3 Å². The summed E-state index contributed by atoms with van der Waals surface area (Å²) >= 11 is 6.98. The fraction of sp³-hybridized carbons (Fsp3) is 0.138. The van der Waals surface area contributed by atoms with Crippen LogP contribution >= 0.6 is 23.4 Å². The minimum absolute atomic E-state index is 0.0604. The quantitative estimate of drug-likeness (QED) is 0.283. The summed E-state index contributed by atoms with van der Waals surface area (Å²) in [6.45, 7) is 2.26. The molecular formula is C29H22ClN3O5S. The Labute approximate surface area is 233 Å². The lowest BCUT2D eigenvalue weighted by Crippen LogP contribution is -2.27. The molecule has 3 heterocycles. The molecule has 2 aliphatic heterocycles. The van der Waals surface area contributed by atoms with Gasteiger partial charge in [-0.3, -0.25) is 19.3 Å². The van der Waals surface area contributed by atoms with Gasteiger partial charge in [0.15, 0.2) is 11.5 Å². The number of ether oxygens (including phenoxy) is 2. The summed E-state index contributed by atoms with van der Waals surface area (Å²) in [5, 5.41) is 4.00. The number of anilines is 1. The van der Waals surface area contributed by atoms with E-state index in [9.17, 15) is 14.4 Å². The Morgan fingerprint density at radius 3 is 2.72 bits per heavy atom. The first-order valence-electron chi connectivity index (χ1n) is 12.1. The van der Waals surface area contributed by atoms with Crippen LogP contribution in [0, 0.1) is 6.92 Å². The van der Waals surface area contributed by atoms with Crippen LogP contribution < -0.4 is 14.8 Å². The fourth-order valence-corrected chi connectivity index (χ4v) is 5.78. The summed E-state index contributed by atoms with van der Waals surface area (Å²) in [6.07, 6.45) is 1.74. The van der Waals surface area contributed by atoms with Crippen LogP contribution in [0.25, 0.3) is 17.0 Å². The Bertz CT molecular complexity index is 1700. The highest BCUT2D eigenvalue weighted by molar-refractivity contribution is 8.18. The second-order valence-corrected chi connectivity index (χ2v) is 10.5. The van der Waals surface area contributed by atoms with Crippen LogP contribution in [0.2, 0.25) is 5.02 Å². The highest BCUT2D eigenvalue weighted by atomic mass is 35.5. The molecule has 1 saturated heterocycles. The predicted molar refractivity (Wildman–Crippen MR) is 151 cm³/mol. The van der Waals surface area contributed by atoms with Gasteiger partial charge in [-0.05, 0) is 60.7 Å². The van der Waals surface area contributed by atoms with Crippen LogP contribution in [0.3, 0.4) is 0 Å². The third-order valence-corrected chi connectivity index (χ3v) is 7.76. The van der Waals surface area contributed by atoms with Crippen molar-refractivity contribution in [3.05, 3.63) is 93.5 Å². The molecule has 1 fully saturated rings. The molecule has 0 saturated carbocycles. The maximum atomic E-state index is 13.2. The zero-order chi connectivity index (χ0) is 27.1. The monoisotopic (exact) mass is 559 g/mol. The Kier molecular flexibility index (Phi) is 6.54. The molecule has 2 aliphatic rings. The van der Waals surface area contributed by atoms with Crippen molar-refractivity contribution in [1.29, 1.82) is 0 Å². The normalized spacial score (nSPS) is 15.5. The molecule has 0 spiro atoms. The molecule has 3 amide bonds. The number of carbonyl (C=O) groups excluding carboxylic acids is 3. The minimum Gasteiger partial charge on any atom is -0.454 e. The maximum absolute atomic E-state index is 13.2. The van der Waals surface area contributed by atoms with Crippen molar-refractivity contribution in [1.82, 2.24) is 9.47 Å². The molecule has 0 aliphatic carbocycles. The first kappa shape index (κ1) is 25.1. The number of hydrogen-bond acceptors (Lipinski definition) is 6. The van der Waals surface area contributed by atoms with Crippen molar-refractivity contribution in [3.8, 4) is 11.5 Å². The highest BCUT2D eigenvalue weighted by Gasteiger charge is 2.35. The number of para-hydroxylation sites is 1. The van der Waals surface area contributed by atoms with Crippen LogP contribution in [0.1, 0.15) is 16.8 Å². The van der Waals surface area contributed by atoms with E-state index in [4.69, 9.17) is 21.1 Å². The molecule has 10 heteroatoms. The van der Waals surface area contributed by atoms with E-state index >= 15 is 0 Å². The van der Waals surface area contributed by atoms with Gasteiger partial charge in [0.25, 0.3) is 11.1 Å². The summed E-state index contributed by atoms with van der Waals surface area (Å²) in [6, 6.07) is 20.0. The van der Waals surface area contributed by atoms with Gasteiger partial charge in [0, 0.05) is 38.9 Å². The summed E-state index contributed by atoms with van der Waals surface area (Å²) in [5.74, 6) is 0.650. The molecule has 0 unspecified atom stereocenters. The topological polar surface area (TPSA) is 89.9 Å². The summed E-state index contributed by atoms with van der Waals surface area (Å²) in [7, 11) is 0. The van der Waals surface area contributed by atoms with Crippen molar-refractivity contribution in [2.24, 2.45) is 0 Å². The second-order valence-electron chi connectivity index (χ2n) is 9.12. The number of benzene rings is 3. The number of fused-ring (bicyclic) bond motifs is 2. The van der Waals surface area contributed by atoms with E-state index in [1.165, 1.54) is 4.90 Å². The molecular weight excluding hydrogens is 538 g/mol. The minimum atomic E-state index is -0.359. The van der Waals surface area contributed by atoms with Gasteiger partial charge in [0.1, 0.15) is 6.54 Å². The number of nitrogens with one attached hydrogen (secondary N) is 1. The van der Waals surface area contributed by atoms with Gasteiger partial charge in [-0.25, -0.2) is 0 Å². The van der Waals surface area contributed by atoms with Crippen molar-refractivity contribution >= 4 is 63.1 Å². The number of rotatable bonds is 6. The molecule has 6 rings (SSSR count). The van der Waals surface area contributed by atoms with E-state index in [0.717, 1.165) is 39.5 Å². The number of carbonyl (C=O) groups is 3. The summed E-state index contributed by atoms with van der Waals surface area (Å²) in [4.78, 5) is 40.5. The largest absolute Gasteiger partial charge is 0.454 e. The number of halogens is 1. The number of aromatic nitrogens is 1. The lowest BCUT2D eigenvalue weighted by Gasteiger charge is -2.12. The number of imide groups is 1. The molecule has 0 bridgehead atoms. The molecule has 39 heavy (non-hydrogen) atoms. The molecule has 4 aromatic rings. The van der Waals surface area contributed by atoms with Gasteiger partial charge < -0.3 is 19.4 Å². The van der Waals surface area contributed by atoms with Crippen LogP contribution in [0.4, 0.5) is 10.5 Å². The molecule has 8 nitrogen and oxygen atoms in total. The SMILES string of the molecule is Cc1c(/C=C2\SC(=O)N(Cc3cccc(Cl)c3)C2=O)c2ccccc2n1CC(=O)Nc1ccc2c(c1)OCO2. The molecule has 0 radical (unpaired) electrons. The molecule has 0 atom stereocenters. The lowest BCUT2D eigenvalue weighted by molar-refractivity contribution is -0.123. The van der Waals surface area contributed by atoms with E-state index in [-0.39, 0.29) is 36.9 Å². The first-order valence-corrected chi connectivity index (χ1v) is 13.3. The third kappa shape index (κ3) is 4.86. The van der Waals surface area contributed by atoms with E-state index in [1.807, 2.05) is 41.8 Å². The average Bonchev–Trinajstić information content (AvgIpc) is 3.56. The van der Waals surface area contributed by atoms with Crippen molar-refractivity contribution in [3.63, 3.8) is 0 Å². The summed E-state index contributed by atoms with van der Waals surface area (Å²) in [5.41, 5.74) is 3.81. The van der Waals surface area contributed by atoms with Gasteiger partial charge in [-0.15, -0.1) is 0 Å². The fourth-order valence-electron chi connectivity index (χ4n) is 4.75. The van der Waals surface area contributed by atoms with Gasteiger partial charge in [0.05, 0.1) is 11.4 Å². The number of amides is 3. The van der Waals surface area contributed by atoms with Crippen molar-refractivity contribution in [2.45, 2.75) is 20.0 Å². The zero-order valence-electron chi connectivity index (χ0n) is 20.8. The smallest absolute Gasteiger partial charge is 0.293 e. The number of hydrogen-bond donors (Lipinski definition) is 1. The van der Waals surface area contributed by atoms with Gasteiger partial charge in [-0.1, -0.05) is 41.9 Å². The average molecular weight is 560 g/mol. The zero-order valence-corrected chi connectivity index (χ0v) is 22.3. The van der Waals surface area contributed by atoms with Crippen LogP contribution in [0.5, 0.6) is 11.5 Å². The number of thioether (sulfide) groups is 1. The second kappa shape index (κ2) is 10.2. The van der Waals surface area contributed by atoms with E-state index < -0.39 is 0 Å². The van der Waals surface area contributed by atoms with Crippen LogP contribution in [0.15, 0.2) is 71.6 Å². The molecule has 1 N–H and O–H groups in total. The van der Waals surface area contributed by atoms with Crippen molar-refractivity contribution < 1.29 is 23.9 Å². The molecule has 3 aromatic carbocycles. The van der Waals surface area contributed by atoms with E-state index in [0.29, 0.717) is 27.1 Å². The first-order chi connectivity index (χ1) is 18.9. The molecule has 1 aromatic heterocycles. The molecule has 196 valence electrons. The Balaban J connectivity index is 1.27. The van der Waals surface area contributed by atoms with Crippen LogP contribution in [-0.2, 0) is 22.7 Å². The summed E-state index contributed by atoms with van der Waals surface area (Å²) < 4.78 is 12.6. The Morgan fingerprint density at radius 1 is 1.05 bits per heavy atom.